The number of likely N-dealkylation sites (tertiary alicyclic amines) is 1. The van der Waals surface area contributed by atoms with Gasteiger partial charge in [-0.1, -0.05) is 0 Å². The van der Waals surface area contributed by atoms with Crippen molar-refractivity contribution in [2.75, 3.05) is 39.8 Å². The van der Waals surface area contributed by atoms with Crippen molar-refractivity contribution >= 4 is 18.3 Å². The van der Waals surface area contributed by atoms with Gasteiger partial charge in [-0.15, -0.1) is 12.4 Å². The number of rotatable bonds is 6. The standard InChI is InChI=1S/C12H22F3N3O.ClH/c1-16-8-11(19)17-5-2-10-3-6-18(7-4-10)9-12(13,14)15;/h10,16H,2-9H2,1H3,(H,17,19);1H. The minimum absolute atomic E-state index is 0. The SMILES string of the molecule is CNCC(=O)NCCC1CCN(CC(F)(F)F)CC1.Cl. The van der Waals surface area contributed by atoms with Gasteiger partial charge >= 0.3 is 6.18 Å². The highest BCUT2D eigenvalue weighted by atomic mass is 35.5. The van der Waals surface area contributed by atoms with E-state index in [4.69, 9.17) is 0 Å². The summed E-state index contributed by atoms with van der Waals surface area (Å²) in [6.07, 6.45) is -1.71. The zero-order valence-corrected chi connectivity index (χ0v) is 12.4. The van der Waals surface area contributed by atoms with Gasteiger partial charge in [0.25, 0.3) is 0 Å². The number of hydrogen-bond donors (Lipinski definition) is 2. The summed E-state index contributed by atoms with van der Waals surface area (Å²) in [5, 5.41) is 5.54. The summed E-state index contributed by atoms with van der Waals surface area (Å²) in [4.78, 5) is 12.6. The van der Waals surface area contributed by atoms with Crippen molar-refractivity contribution in [3.05, 3.63) is 0 Å². The van der Waals surface area contributed by atoms with Crippen LogP contribution < -0.4 is 10.6 Å². The maximum atomic E-state index is 12.2. The van der Waals surface area contributed by atoms with Gasteiger partial charge in [-0.2, -0.15) is 13.2 Å². The van der Waals surface area contributed by atoms with Gasteiger partial charge in [-0.05, 0) is 45.3 Å². The molecule has 0 atom stereocenters. The molecule has 1 aliphatic heterocycles. The molecule has 0 aromatic carbocycles. The number of carbonyl (C=O) groups excluding carboxylic acids is 1. The van der Waals surface area contributed by atoms with E-state index in [9.17, 15) is 18.0 Å². The Morgan fingerprint density at radius 2 is 1.90 bits per heavy atom. The molecule has 0 bridgehead atoms. The maximum Gasteiger partial charge on any atom is 0.401 e. The molecule has 0 saturated carbocycles. The number of alkyl halides is 3. The molecular formula is C12H23ClF3N3O. The molecular weight excluding hydrogens is 295 g/mol. The second-order valence-corrected chi connectivity index (χ2v) is 5.00. The Morgan fingerprint density at radius 1 is 1.30 bits per heavy atom. The predicted octanol–water partition coefficient (Wildman–Crippen LogP) is 1.41. The molecule has 0 spiro atoms. The minimum Gasteiger partial charge on any atom is -0.355 e. The first-order chi connectivity index (χ1) is 8.90. The summed E-state index contributed by atoms with van der Waals surface area (Å²) < 4.78 is 36.6. The van der Waals surface area contributed by atoms with Gasteiger partial charge in [0.15, 0.2) is 0 Å². The average molecular weight is 318 g/mol. The molecule has 1 heterocycles. The molecule has 120 valence electrons. The fourth-order valence-corrected chi connectivity index (χ4v) is 2.33. The first kappa shape index (κ1) is 19.5. The molecule has 0 aromatic rings. The summed E-state index contributed by atoms with van der Waals surface area (Å²) in [6, 6.07) is 0. The average Bonchev–Trinajstić information content (AvgIpc) is 2.30. The molecule has 1 rings (SSSR count). The van der Waals surface area contributed by atoms with Crippen LogP contribution in [0, 0.1) is 5.92 Å². The van der Waals surface area contributed by atoms with Gasteiger partial charge in [0, 0.05) is 6.54 Å². The molecule has 0 aromatic heterocycles. The zero-order chi connectivity index (χ0) is 14.3. The number of amides is 1. The van der Waals surface area contributed by atoms with Crippen LogP contribution in [0.5, 0.6) is 0 Å². The van der Waals surface area contributed by atoms with E-state index >= 15 is 0 Å². The van der Waals surface area contributed by atoms with Crippen molar-refractivity contribution in [2.45, 2.75) is 25.4 Å². The Kier molecular flexibility index (Phi) is 9.16. The Hall–Kier alpha value is -0.530. The van der Waals surface area contributed by atoms with E-state index in [1.807, 2.05) is 0 Å². The third-order valence-corrected chi connectivity index (χ3v) is 3.32. The monoisotopic (exact) mass is 317 g/mol. The molecule has 20 heavy (non-hydrogen) atoms. The van der Waals surface area contributed by atoms with Crippen LogP contribution in [-0.2, 0) is 4.79 Å². The summed E-state index contributed by atoms with van der Waals surface area (Å²) in [7, 11) is 1.70. The van der Waals surface area contributed by atoms with Crippen LogP contribution in [0.25, 0.3) is 0 Å². The number of hydrogen-bond acceptors (Lipinski definition) is 3. The molecule has 1 aliphatic rings. The van der Waals surface area contributed by atoms with Crippen molar-refractivity contribution in [3.8, 4) is 0 Å². The Balaban J connectivity index is 0.00000361. The molecule has 0 radical (unpaired) electrons. The van der Waals surface area contributed by atoms with Gasteiger partial charge in [-0.25, -0.2) is 0 Å². The molecule has 2 N–H and O–H groups in total. The Bertz CT molecular complexity index is 282. The molecule has 1 fully saturated rings. The van der Waals surface area contributed by atoms with Gasteiger partial charge in [-0.3, -0.25) is 9.69 Å². The van der Waals surface area contributed by atoms with E-state index in [2.05, 4.69) is 10.6 Å². The molecule has 1 amide bonds. The zero-order valence-electron chi connectivity index (χ0n) is 11.6. The lowest BCUT2D eigenvalue weighted by Gasteiger charge is -2.32. The predicted molar refractivity (Wildman–Crippen MR) is 74.0 cm³/mol. The number of piperidine rings is 1. The highest BCUT2D eigenvalue weighted by molar-refractivity contribution is 5.85. The lowest BCUT2D eigenvalue weighted by atomic mass is 9.93. The van der Waals surface area contributed by atoms with Crippen molar-refractivity contribution in [2.24, 2.45) is 5.92 Å². The fraction of sp³-hybridized carbons (Fsp3) is 0.917. The number of likely N-dealkylation sites (N-methyl/N-ethyl adjacent to an activating group) is 1. The largest absolute Gasteiger partial charge is 0.401 e. The lowest BCUT2D eigenvalue weighted by Crippen LogP contribution is -2.40. The molecule has 0 unspecified atom stereocenters. The normalized spacial score (nSPS) is 17.6. The second-order valence-electron chi connectivity index (χ2n) is 5.00. The van der Waals surface area contributed by atoms with Crippen LogP contribution in [0.1, 0.15) is 19.3 Å². The maximum absolute atomic E-state index is 12.2. The van der Waals surface area contributed by atoms with Crippen LogP contribution >= 0.6 is 12.4 Å². The van der Waals surface area contributed by atoms with Crippen molar-refractivity contribution in [1.29, 1.82) is 0 Å². The van der Waals surface area contributed by atoms with Crippen LogP contribution in [0.4, 0.5) is 13.2 Å². The highest BCUT2D eigenvalue weighted by Crippen LogP contribution is 2.23. The number of halogens is 4. The molecule has 8 heteroatoms. The van der Waals surface area contributed by atoms with Crippen molar-refractivity contribution in [3.63, 3.8) is 0 Å². The first-order valence-corrected chi connectivity index (χ1v) is 6.61. The smallest absolute Gasteiger partial charge is 0.355 e. The number of carbonyl (C=O) groups is 1. The Labute approximate surface area is 123 Å². The van der Waals surface area contributed by atoms with Crippen molar-refractivity contribution in [1.82, 2.24) is 15.5 Å². The Morgan fingerprint density at radius 3 is 2.40 bits per heavy atom. The van der Waals surface area contributed by atoms with E-state index < -0.39 is 12.7 Å². The van der Waals surface area contributed by atoms with E-state index in [0.717, 1.165) is 19.3 Å². The van der Waals surface area contributed by atoms with Crippen molar-refractivity contribution < 1.29 is 18.0 Å². The van der Waals surface area contributed by atoms with Crippen LogP contribution in [-0.4, -0.2) is 56.8 Å². The lowest BCUT2D eigenvalue weighted by molar-refractivity contribution is -0.148. The first-order valence-electron chi connectivity index (χ1n) is 6.61. The van der Waals surface area contributed by atoms with Gasteiger partial charge in [0.05, 0.1) is 13.1 Å². The third-order valence-electron chi connectivity index (χ3n) is 3.32. The highest BCUT2D eigenvalue weighted by Gasteiger charge is 2.32. The van der Waals surface area contributed by atoms with Crippen LogP contribution in [0.3, 0.4) is 0 Å². The van der Waals surface area contributed by atoms with Gasteiger partial charge in [0.1, 0.15) is 0 Å². The van der Waals surface area contributed by atoms with Gasteiger partial charge in [0.2, 0.25) is 5.91 Å². The fourth-order valence-electron chi connectivity index (χ4n) is 2.33. The molecule has 1 saturated heterocycles. The van der Waals surface area contributed by atoms with Crippen LogP contribution in [0.15, 0.2) is 0 Å². The summed E-state index contributed by atoms with van der Waals surface area (Å²) in [5.41, 5.74) is 0. The van der Waals surface area contributed by atoms with E-state index in [-0.39, 0.29) is 18.3 Å². The van der Waals surface area contributed by atoms with E-state index in [1.54, 1.807) is 7.05 Å². The van der Waals surface area contributed by atoms with E-state index in [1.165, 1.54) is 4.90 Å². The minimum atomic E-state index is -4.10. The summed E-state index contributed by atoms with van der Waals surface area (Å²) >= 11 is 0. The summed E-state index contributed by atoms with van der Waals surface area (Å²) in [5.74, 6) is 0.372. The van der Waals surface area contributed by atoms with Gasteiger partial charge < -0.3 is 10.6 Å². The molecule has 4 nitrogen and oxygen atoms in total. The van der Waals surface area contributed by atoms with Crippen LogP contribution in [0.2, 0.25) is 0 Å². The number of nitrogens with zero attached hydrogens (tertiary/aromatic N) is 1. The second kappa shape index (κ2) is 9.41. The topological polar surface area (TPSA) is 44.4 Å². The summed E-state index contributed by atoms with van der Waals surface area (Å²) in [6.45, 7) is 1.08. The quantitative estimate of drug-likeness (QED) is 0.778. The number of nitrogens with one attached hydrogen (secondary N) is 2. The third kappa shape index (κ3) is 8.60. The molecule has 0 aliphatic carbocycles. The van der Waals surface area contributed by atoms with E-state index in [0.29, 0.717) is 32.1 Å².